The molecule has 174 valence electrons. The first kappa shape index (κ1) is 23.4. The fraction of sp³-hybridized carbons (Fsp3) is 0.333. The molecule has 0 saturated carbocycles. The van der Waals surface area contributed by atoms with E-state index in [1.54, 1.807) is 35.8 Å². The lowest BCUT2D eigenvalue weighted by atomic mass is 9.93. The maximum absolute atomic E-state index is 14.6. The number of carbonyl (C=O) groups excluding carboxylic acids is 2. The van der Waals surface area contributed by atoms with Gasteiger partial charge in [0.2, 0.25) is 0 Å². The molecule has 0 spiro atoms. The number of hydrogen-bond acceptors (Lipinski definition) is 5. The van der Waals surface area contributed by atoms with Crippen molar-refractivity contribution in [2.75, 3.05) is 6.26 Å². The molecule has 33 heavy (non-hydrogen) atoms. The Morgan fingerprint density at radius 3 is 2.61 bits per heavy atom. The Bertz CT molecular complexity index is 1350. The van der Waals surface area contributed by atoms with E-state index in [1.807, 2.05) is 0 Å². The average Bonchev–Trinajstić information content (AvgIpc) is 3.09. The fourth-order valence-electron chi connectivity index (χ4n) is 4.55. The third kappa shape index (κ3) is 4.29. The highest BCUT2D eigenvalue weighted by Gasteiger charge is 2.35. The van der Waals surface area contributed by atoms with Crippen LogP contribution in [0.4, 0.5) is 4.39 Å². The normalized spacial score (nSPS) is 16.9. The highest BCUT2D eigenvalue weighted by molar-refractivity contribution is 7.91. The molecule has 0 N–H and O–H groups in total. The van der Waals surface area contributed by atoms with Gasteiger partial charge in [-0.2, -0.15) is 0 Å². The molecule has 0 bridgehead atoms. The van der Waals surface area contributed by atoms with Crippen LogP contribution in [0.5, 0.6) is 0 Å². The van der Waals surface area contributed by atoms with Crippen molar-refractivity contribution in [2.45, 2.75) is 49.6 Å². The first-order chi connectivity index (χ1) is 15.7. The first-order valence-electron chi connectivity index (χ1n) is 10.6. The second-order valence-electron chi connectivity index (χ2n) is 8.16. The van der Waals surface area contributed by atoms with Crippen LogP contribution in [0.15, 0.2) is 41.3 Å². The minimum Gasteiger partial charge on any atom is -0.456 e. The van der Waals surface area contributed by atoms with Crippen LogP contribution in [0.1, 0.15) is 55.2 Å². The van der Waals surface area contributed by atoms with Crippen LogP contribution in [0.2, 0.25) is 5.02 Å². The van der Waals surface area contributed by atoms with Crippen molar-refractivity contribution in [3.63, 3.8) is 0 Å². The van der Waals surface area contributed by atoms with Crippen LogP contribution in [0, 0.1) is 5.82 Å². The number of fused-ring (bicyclic) bond motifs is 3. The van der Waals surface area contributed by atoms with Gasteiger partial charge in [-0.15, -0.1) is 0 Å². The lowest BCUT2D eigenvalue weighted by Crippen LogP contribution is -2.23. The van der Waals surface area contributed by atoms with E-state index < -0.39 is 33.8 Å². The molecule has 3 aromatic rings. The molecule has 0 unspecified atom stereocenters. The molecule has 0 radical (unpaired) electrons. The van der Waals surface area contributed by atoms with Crippen LogP contribution in [0.3, 0.4) is 0 Å². The Balaban J connectivity index is 2.12. The summed E-state index contributed by atoms with van der Waals surface area (Å²) in [6, 6.07) is 7.96. The molecule has 1 aliphatic rings. The Hall–Kier alpha value is -2.71. The Kier molecular flexibility index (Phi) is 6.33. The summed E-state index contributed by atoms with van der Waals surface area (Å²) >= 11 is 6.02. The monoisotopic (exact) mass is 491 g/mol. The number of aromatic nitrogens is 1. The van der Waals surface area contributed by atoms with E-state index in [0.717, 1.165) is 12.3 Å². The molecule has 0 amide bonds. The van der Waals surface area contributed by atoms with E-state index in [0.29, 0.717) is 52.8 Å². The van der Waals surface area contributed by atoms with E-state index in [4.69, 9.17) is 16.3 Å². The number of benzene rings is 2. The van der Waals surface area contributed by atoms with Crippen molar-refractivity contribution in [2.24, 2.45) is 0 Å². The van der Waals surface area contributed by atoms with Crippen LogP contribution in [0.25, 0.3) is 10.9 Å². The van der Waals surface area contributed by atoms with E-state index in [2.05, 4.69) is 0 Å². The second-order valence-corrected chi connectivity index (χ2v) is 10.6. The van der Waals surface area contributed by atoms with Gasteiger partial charge in [-0.3, -0.25) is 4.79 Å². The molecule has 1 aromatic heterocycles. The maximum atomic E-state index is 14.6. The van der Waals surface area contributed by atoms with Gasteiger partial charge in [0.15, 0.2) is 9.84 Å². The fourth-order valence-corrected chi connectivity index (χ4v) is 5.56. The summed E-state index contributed by atoms with van der Waals surface area (Å²) in [6.07, 6.45) is 2.92. The molecule has 1 aliphatic carbocycles. The van der Waals surface area contributed by atoms with Gasteiger partial charge in [0.25, 0.3) is 0 Å². The molecule has 2 aromatic carbocycles. The molecule has 1 heterocycles. The summed E-state index contributed by atoms with van der Waals surface area (Å²) < 4.78 is 47.3. The zero-order valence-corrected chi connectivity index (χ0v) is 19.7. The number of carbonyl (C=O) groups is 2. The standard InChI is InChI=1S/C24H23ClFNO5S/c1-3-22(29)32-20-6-4-5-17-18-11-16(26)12-21(33(2,30)31)24(18)27(23(17)20)19(13-28)14-7-9-15(25)10-8-14/h7-13,19-20H,3-6H2,1-2H3/t19-,20+/m0/s1. The first-order valence-corrected chi connectivity index (χ1v) is 12.9. The van der Waals surface area contributed by atoms with Crippen LogP contribution < -0.4 is 0 Å². The Morgan fingerprint density at radius 2 is 2.00 bits per heavy atom. The molecule has 2 atom stereocenters. The minimum atomic E-state index is -3.86. The maximum Gasteiger partial charge on any atom is 0.306 e. The van der Waals surface area contributed by atoms with Gasteiger partial charge in [-0.25, -0.2) is 12.8 Å². The summed E-state index contributed by atoms with van der Waals surface area (Å²) in [4.78, 5) is 24.4. The number of rotatable bonds is 6. The third-order valence-corrected chi connectivity index (χ3v) is 7.32. The molecular weight excluding hydrogens is 469 g/mol. The van der Waals surface area contributed by atoms with Gasteiger partial charge in [0, 0.05) is 23.1 Å². The van der Waals surface area contributed by atoms with Crippen molar-refractivity contribution in [1.29, 1.82) is 0 Å². The summed E-state index contributed by atoms with van der Waals surface area (Å²) in [5, 5.41) is 0.889. The number of ether oxygens (including phenoxy) is 1. The molecule has 0 aliphatic heterocycles. The van der Waals surface area contributed by atoms with Crippen LogP contribution in [-0.4, -0.2) is 31.5 Å². The van der Waals surface area contributed by atoms with Gasteiger partial charge < -0.3 is 14.1 Å². The van der Waals surface area contributed by atoms with E-state index in [-0.39, 0.29) is 16.8 Å². The summed E-state index contributed by atoms with van der Waals surface area (Å²) in [5.74, 6) is -1.10. The van der Waals surface area contributed by atoms with Crippen LogP contribution >= 0.6 is 11.6 Å². The predicted octanol–water partition coefficient (Wildman–Crippen LogP) is 4.96. The topological polar surface area (TPSA) is 82.4 Å². The van der Waals surface area contributed by atoms with Gasteiger partial charge in [-0.1, -0.05) is 30.7 Å². The summed E-state index contributed by atoms with van der Waals surface area (Å²) in [5.41, 5.74) is 2.02. The van der Waals surface area contributed by atoms with Crippen molar-refractivity contribution < 1.29 is 27.1 Å². The van der Waals surface area contributed by atoms with Crippen molar-refractivity contribution in [3.8, 4) is 0 Å². The number of hydrogen-bond donors (Lipinski definition) is 0. The molecular formula is C24H23ClFNO5S. The SMILES string of the molecule is CCC(=O)O[C@@H]1CCCc2c1n([C@@H](C=O)c1ccc(Cl)cc1)c1c(S(C)(=O)=O)cc(F)cc21. The largest absolute Gasteiger partial charge is 0.456 e. The molecule has 0 fully saturated rings. The number of aryl methyl sites for hydroxylation is 1. The van der Waals surface area contributed by atoms with Gasteiger partial charge in [0.1, 0.15) is 24.2 Å². The number of aldehydes is 1. The van der Waals surface area contributed by atoms with Gasteiger partial charge in [0.05, 0.1) is 16.1 Å². The lowest BCUT2D eigenvalue weighted by Gasteiger charge is -2.28. The van der Waals surface area contributed by atoms with Crippen molar-refractivity contribution >= 4 is 44.6 Å². The van der Waals surface area contributed by atoms with Gasteiger partial charge >= 0.3 is 5.97 Å². The quantitative estimate of drug-likeness (QED) is 0.359. The third-order valence-electron chi connectivity index (χ3n) is 5.95. The van der Waals surface area contributed by atoms with Gasteiger partial charge in [-0.05, 0) is 54.7 Å². The summed E-state index contributed by atoms with van der Waals surface area (Å²) in [6.45, 7) is 1.68. The van der Waals surface area contributed by atoms with Crippen molar-refractivity contribution in [3.05, 3.63) is 64.1 Å². The summed E-state index contributed by atoms with van der Waals surface area (Å²) in [7, 11) is -3.86. The van der Waals surface area contributed by atoms with Crippen molar-refractivity contribution in [1.82, 2.24) is 4.57 Å². The molecule has 6 nitrogen and oxygen atoms in total. The average molecular weight is 492 g/mol. The Morgan fingerprint density at radius 1 is 1.30 bits per heavy atom. The highest BCUT2D eigenvalue weighted by Crippen LogP contribution is 2.44. The number of halogens is 2. The zero-order chi connectivity index (χ0) is 23.9. The lowest BCUT2D eigenvalue weighted by molar-refractivity contribution is -0.150. The van der Waals surface area contributed by atoms with Crippen LogP contribution in [-0.2, 0) is 30.6 Å². The zero-order valence-electron chi connectivity index (χ0n) is 18.2. The molecule has 9 heteroatoms. The Labute approximate surface area is 196 Å². The van der Waals surface area contributed by atoms with E-state index in [9.17, 15) is 22.4 Å². The number of esters is 1. The molecule has 0 saturated heterocycles. The number of sulfone groups is 1. The highest BCUT2D eigenvalue weighted by atomic mass is 35.5. The second kappa shape index (κ2) is 8.91. The number of nitrogens with zero attached hydrogens (tertiary/aromatic N) is 1. The predicted molar refractivity (Wildman–Crippen MR) is 123 cm³/mol. The van der Waals surface area contributed by atoms with E-state index in [1.165, 1.54) is 6.07 Å². The van der Waals surface area contributed by atoms with E-state index >= 15 is 0 Å². The smallest absolute Gasteiger partial charge is 0.306 e. The molecule has 4 rings (SSSR count). The minimum absolute atomic E-state index is 0.170.